The highest BCUT2D eigenvalue weighted by molar-refractivity contribution is 5.99. The molecule has 0 heterocycles. The van der Waals surface area contributed by atoms with E-state index in [2.05, 4.69) is 31.6 Å². The second-order valence-corrected chi connectivity index (χ2v) is 7.68. The molecular formula is C24H24N2O2. The summed E-state index contributed by atoms with van der Waals surface area (Å²) in [5, 5.41) is 0. The number of hydrogen-bond acceptors (Lipinski definition) is 2. The number of hydrazine groups is 1. The van der Waals surface area contributed by atoms with Crippen LogP contribution in [0.5, 0.6) is 0 Å². The highest BCUT2D eigenvalue weighted by atomic mass is 16.2. The van der Waals surface area contributed by atoms with Crippen molar-refractivity contribution >= 4 is 11.8 Å². The zero-order valence-corrected chi connectivity index (χ0v) is 16.3. The lowest BCUT2D eigenvalue weighted by molar-refractivity contribution is 0.0846. The Labute approximate surface area is 165 Å². The Kier molecular flexibility index (Phi) is 5.59. The smallest absolute Gasteiger partial charge is 0.267 e. The zero-order valence-electron chi connectivity index (χ0n) is 16.3. The van der Waals surface area contributed by atoms with Crippen molar-refractivity contribution in [3.63, 3.8) is 0 Å². The van der Waals surface area contributed by atoms with E-state index in [1.807, 2.05) is 54.6 Å². The molecule has 3 aromatic rings. The number of carbonyl (C=O) groups excluding carboxylic acids is 2. The first-order valence-electron chi connectivity index (χ1n) is 9.21. The number of nitrogens with one attached hydrogen (secondary N) is 2. The van der Waals surface area contributed by atoms with E-state index >= 15 is 0 Å². The van der Waals surface area contributed by atoms with Crippen LogP contribution < -0.4 is 10.9 Å². The van der Waals surface area contributed by atoms with Gasteiger partial charge in [-0.1, -0.05) is 75.4 Å². The topological polar surface area (TPSA) is 58.2 Å². The molecule has 0 saturated carbocycles. The summed E-state index contributed by atoms with van der Waals surface area (Å²) in [6.07, 6.45) is 0. The Balaban J connectivity index is 1.60. The van der Waals surface area contributed by atoms with Gasteiger partial charge < -0.3 is 0 Å². The van der Waals surface area contributed by atoms with Gasteiger partial charge in [0.25, 0.3) is 11.8 Å². The van der Waals surface area contributed by atoms with Crippen molar-refractivity contribution < 1.29 is 9.59 Å². The van der Waals surface area contributed by atoms with Gasteiger partial charge in [-0.15, -0.1) is 0 Å². The number of carbonyl (C=O) groups is 2. The molecule has 28 heavy (non-hydrogen) atoms. The van der Waals surface area contributed by atoms with Crippen LogP contribution in [0.2, 0.25) is 0 Å². The Morgan fingerprint density at radius 1 is 0.607 bits per heavy atom. The average Bonchev–Trinajstić information content (AvgIpc) is 2.72. The minimum absolute atomic E-state index is 0.0230. The van der Waals surface area contributed by atoms with E-state index in [0.29, 0.717) is 11.1 Å². The summed E-state index contributed by atoms with van der Waals surface area (Å²) in [5.41, 5.74) is 9.17. The van der Waals surface area contributed by atoms with Crippen LogP contribution in [0.4, 0.5) is 0 Å². The molecule has 0 radical (unpaired) electrons. The monoisotopic (exact) mass is 372 g/mol. The minimum atomic E-state index is -0.362. The average molecular weight is 372 g/mol. The third-order valence-electron chi connectivity index (χ3n) is 4.56. The van der Waals surface area contributed by atoms with Crippen LogP contribution in [0.1, 0.15) is 47.1 Å². The maximum Gasteiger partial charge on any atom is 0.269 e. The van der Waals surface area contributed by atoms with E-state index < -0.39 is 0 Å². The molecule has 0 aliphatic rings. The Hall–Kier alpha value is -3.40. The van der Waals surface area contributed by atoms with Crippen LogP contribution in [0.3, 0.4) is 0 Å². The summed E-state index contributed by atoms with van der Waals surface area (Å²) in [6, 6.07) is 24.6. The summed E-state index contributed by atoms with van der Waals surface area (Å²) in [6.45, 7) is 6.35. The first kappa shape index (κ1) is 19.4. The van der Waals surface area contributed by atoms with Gasteiger partial charge >= 0.3 is 0 Å². The molecular weight excluding hydrogens is 348 g/mol. The normalized spacial score (nSPS) is 11.0. The van der Waals surface area contributed by atoms with Crippen molar-refractivity contribution in [3.05, 3.63) is 95.6 Å². The van der Waals surface area contributed by atoms with Gasteiger partial charge in [0.05, 0.1) is 0 Å². The molecule has 0 spiro atoms. The second-order valence-electron chi connectivity index (χ2n) is 7.68. The molecule has 0 aliphatic carbocycles. The lowest BCUT2D eigenvalue weighted by atomic mass is 9.87. The van der Waals surface area contributed by atoms with Crippen LogP contribution in [-0.4, -0.2) is 11.8 Å². The van der Waals surface area contributed by atoms with E-state index in [4.69, 9.17) is 0 Å². The summed E-state index contributed by atoms with van der Waals surface area (Å²) in [4.78, 5) is 24.5. The Morgan fingerprint density at radius 3 is 1.50 bits per heavy atom. The van der Waals surface area contributed by atoms with Crippen LogP contribution >= 0.6 is 0 Å². The van der Waals surface area contributed by atoms with Crippen molar-refractivity contribution in [1.29, 1.82) is 0 Å². The van der Waals surface area contributed by atoms with Crippen LogP contribution in [-0.2, 0) is 5.41 Å². The molecule has 0 unspecified atom stereocenters. The van der Waals surface area contributed by atoms with Crippen molar-refractivity contribution in [3.8, 4) is 11.1 Å². The summed E-state index contributed by atoms with van der Waals surface area (Å²) in [5.74, 6) is -0.714. The predicted octanol–water partition coefficient (Wildman–Crippen LogP) is 4.73. The third kappa shape index (κ3) is 4.65. The molecule has 2 N–H and O–H groups in total. The van der Waals surface area contributed by atoms with E-state index in [1.54, 1.807) is 24.3 Å². The summed E-state index contributed by atoms with van der Waals surface area (Å²) < 4.78 is 0. The van der Waals surface area contributed by atoms with Gasteiger partial charge in [-0.2, -0.15) is 0 Å². The minimum Gasteiger partial charge on any atom is -0.267 e. The molecule has 0 fully saturated rings. The predicted molar refractivity (Wildman–Crippen MR) is 112 cm³/mol. The Bertz CT molecular complexity index is 954. The van der Waals surface area contributed by atoms with Crippen LogP contribution in [0.15, 0.2) is 78.9 Å². The van der Waals surface area contributed by atoms with E-state index in [-0.39, 0.29) is 17.2 Å². The SMILES string of the molecule is CC(C)(C)c1ccc(C(=O)NNC(=O)c2ccc(-c3ccccc3)cc2)cc1. The van der Waals surface area contributed by atoms with Gasteiger partial charge in [-0.05, 0) is 46.4 Å². The molecule has 142 valence electrons. The fourth-order valence-electron chi connectivity index (χ4n) is 2.82. The fraction of sp³-hybridized carbons (Fsp3) is 0.167. The molecule has 0 bridgehead atoms. The highest BCUT2D eigenvalue weighted by Crippen LogP contribution is 2.22. The molecule has 4 nitrogen and oxygen atoms in total. The molecule has 0 aliphatic heterocycles. The largest absolute Gasteiger partial charge is 0.269 e. The lowest BCUT2D eigenvalue weighted by Crippen LogP contribution is -2.41. The quantitative estimate of drug-likeness (QED) is 0.653. The molecule has 4 heteroatoms. The summed E-state index contributed by atoms with van der Waals surface area (Å²) in [7, 11) is 0. The van der Waals surface area contributed by atoms with E-state index in [0.717, 1.165) is 16.7 Å². The molecule has 0 atom stereocenters. The van der Waals surface area contributed by atoms with Gasteiger partial charge in [0.2, 0.25) is 0 Å². The van der Waals surface area contributed by atoms with Crippen molar-refractivity contribution in [1.82, 2.24) is 10.9 Å². The number of rotatable bonds is 3. The number of amides is 2. The van der Waals surface area contributed by atoms with Crippen molar-refractivity contribution in [2.75, 3.05) is 0 Å². The van der Waals surface area contributed by atoms with E-state index in [1.165, 1.54) is 0 Å². The molecule has 0 aromatic heterocycles. The molecule has 3 aromatic carbocycles. The zero-order chi connectivity index (χ0) is 20.1. The van der Waals surface area contributed by atoms with Crippen molar-refractivity contribution in [2.24, 2.45) is 0 Å². The van der Waals surface area contributed by atoms with Gasteiger partial charge in [0.15, 0.2) is 0 Å². The maximum absolute atomic E-state index is 12.3. The standard InChI is InChI=1S/C24H24N2O2/c1-24(2,3)21-15-13-20(14-16-21)23(28)26-25-22(27)19-11-9-18(10-12-19)17-7-5-4-6-8-17/h4-16H,1-3H3,(H,25,27)(H,26,28). The van der Waals surface area contributed by atoms with Crippen LogP contribution in [0, 0.1) is 0 Å². The van der Waals surface area contributed by atoms with Gasteiger partial charge in [0, 0.05) is 11.1 Å². The third-order valence-corrected chi connectivity index (χ3v) is 4.56. The fourth-order valence-corrected chi connectivity index (χ4v) is 2.82. The molecule has 2 amide bonds. The number of hydrogen-bond donors (Lipinski definition) is 2. The van der Waals surface area contributed by atoms with Gasteiger partial charge in [-0.3, -0.25) is 20.4 Å². The lowest BCUT2D eigenvalue weighted by Gasteiger charge is -2.19. The van der Waals surface area contributed by atoms with Gasteiger partial charge in [-0.25, -0.2) is 0 Å². The Morgan fingerprint density at radius 2 is 1.04 bits per heavy atom. The highest BCUT2D eigenvalue weighted by Gasteiger charge is 2.14. The first-order chi connectivity index (χ1) is 13.3. The van der Waals surface area contributed by atoms with Crippen LogP contribution in [0.25, 0.3) is 11.1 Å². The maximum atomic E-state index is 12.3. The summed E-state index contributed by atoms with van der Waals surface area (Å²) >= 11 is 0. The molecule has 0 saturated heterocycles. The molecule has 3 rings (SSSR count). The second kappa shape index (κ2) is 8.09. The van der Waals surface area contributed by atoms with Gasteiger partial charge in [0.1, 0.15) is 0 Å². The van der Waals surface area contributed by atoms with Crippen molar-refractivity contribution in [2.45, 2.75) is 26.2 Å². The van der Waals surface area contributed by atoms with E-state index in [9.17, 15) is 9.59 Å². The number of benzene rings is 3. The first-order valence-corrected chi connectivity index (χ1v) is 9.21.